The first-order valence-electron chi connectivity index (χ1n) is 9.54. The first-order chi connectivity index (χ1) is 13.5. The molecule has 2 unspecified atom stereocenters. The van der Waals surface area contributed by atoms with Gasteiger partial charge in [0, 0.05) is 38.4 Å². The average molecular weight is 384 g/mol. The van der Waals surface area contributed by atoms with Crippen LogP contribution in [0.3, 0.4) is 0 Å². The fourth-order valence-corrected chi connectivity index (χ4v) is 3.66. The monoisotopic (exact) mass is 384 g/mol. The van der Waals surface area contributed by atoms with Gasteiger partial charge in [-0.05, 0) is 31.4 Å². The Morgan fingerprint density at radius 2 is 2.18 bits per heavy atom. The van der Waals surface area contributed by atoms with E-state index in [0.29, 0.717) is 36.7 Å². The number of likely N-dealkylation sites (tertiary alicyclic amines) is 1. The Bertz CT molecular complexity index is 875. The highest BCUT2D eigenvalue weighted by atomic mass is 16.5. The third-order valence-electron chi connectivity index (χ3n) is 5.48. The molecular formula is C20H24N4O4. The van der Waals surface area contributed by atoms with E-state index < -0.39 is 0 Å². The van der Waals surface area contributed by atoms with Crippen LogP contribution >= 0.6 is 0 Å². The largest absolute Gasteiger partial charge is 0.508 e. The molecule has 2 aliphatic rings. The van der Waals surface area contributed by atoms with Crippen molar-refractivity contribution < 1.29 is 19.4 Å². The third kappa shape index (κ3) is 3.87. The quantitative estimate of drug-likeness (QED) is 0.811. The van der Waals surface area contributed by atoms with Crippen LogP contribution in [-0.4, -0.2) is 63.4 Å². The zero-order chi connectivity index (χ0) is 19.7. The molecule has 1 aromatic heterocycles. The average Bonchev–Trinajstić information content (AvgIpc) is 3.27. The van der Waals surface area contributed by atoms with E-state index in [4.69, 9.17) is 4.74 Å². The van der Waals surface area contributed by atoms with Crippen LogP contribution in [0.1, 0.15) is 30.1 Å². The lowest BCUT2D eigenvalue weighted by Gasteiger charge is -2.40. The van der Waals surface area contributed by atoms with Gasteiger partial charge in [0.15, 0.2) is 0 Å². The highest BCUT2D eigenvalue weighted by molar-refractivity contribution is 5.94. The van der Waals surface area contributed by atoms with E-state index in [1.54, 1.807) is 35.4 Å². The summed E-state index contributed by atoms with van der Waals surface area (Å²) in [5.41, 5.74) is 1.11. The molecule has 8 heteroatoms. The van der Waals surface area contributed by atoms with Gasteiger partial charge in [-0.1, -0.05) is 6.07 Å². The van der Waals surface area contributed by atoms with E-state index in [1.807, 2.05) is 6.92 Å². The van der Waals surface area contributed by atoms with E-state index in [1.165, 1.54) is 10.9 Å². The van der Waals surface area contributed by atoms with Crippen molar-refractivity contribution >= 4 is 11.8 Å². The molecule has 148 valence electrons. The van der Waals surface area contributed by atoms with Gasteiger partial charge in [0.05, 0.1) is 29.6 Å². The molecule has 0 bridgehead atoms. The number of ether oxygens (including phenoxy) is 1. The minimum atomic E-state index is -0.221. The van der Waals surface area contributed by atoms with Gasteiger partial charge in [0.25, 0.3) is 5.91 Å². The maximum Gasteiger partial charge on any atom is 0.254 e. The topological polar surface area (TPSA) is 96.7 Å². The smallest absolute Gasteiger partial charge is 0.254 e. The molecule has 0 radical (unpaired) electrons. The number of hydrogen-bond donors (Lipinski definition) is 2. The lowest BCUT2D eigenvalue weighted by atomic mass is 9.96. The molecule has 2 N–H and O–H groups in total. The number of nitrogens with one attached hydrogen (secondary N) is 1. The Balaban J connectivity index is 1.27. The van der Waals surface area contributed by atoms with Crippen molar-refractivity contribution in [1.29, 1.82) is 0 Å². The van der Waals surface area contributed by atoms with Crippen molar-refractivity contribution in [3.63, 3.8) is 0 Å². The van der Waals surface area contributed by atoms with Gasteiger partial charge in [0.2, 0.25) is 5.91 Å². The maximum atomic E-state index is 12.4. The molecule has 2 amide bonds. The number of rotatable bonds is 5. The number of aromatic nitrogens is 2. The summed E-state index contributed by atoms with van der Waals surface area (Å²) in [4.78, 5) is 26.5. The molecular weight excluding hydrogens is 360 g/mol. The summed E-state index contributed by atoms with van der Waals surface area (Å²) in [5, 5.41) is 16.7. The van der Waals surface area contributed by atoms with Gasteiger partial charge in [-0.2, -0.15) is 5.10 Å². The summed E-state index contributed by atoms with van der Waals surface area (Å²) >= 11 is 0. The predicted octanol–water partition coefficient (Wildman–Crippen LogP) is 1.33. The molecule has 0 aliphatic carbocycles. The summed E-state index contributed by atoms with van der Waals surface area (Å²) in [6.07, 6.45) is 4.70. The highest BCUT2D eigenvalue weighted by Gasteiger charge is 2.35. The second kappa shape index (κ2) is 7.63. The van der Waals surface area contributed by atoms with Crippen molar-refractivity contribution in [3.8, 4) is 11.4 Å². The second-order valence-electron chi connectivity index (χ2n) is 7.49. The molecule has 28 heavy (non-hydrogen) atoms. The molecule has 2 fully saturated rings. The van der Waals surface area contributed by atoms with Crippen LogP contribution in [0.5, 0.6) is 5.75 Å². The van der Waals surface area contributed by atoms with Gasteiger partial charge < -0.3 is 20.1 Å². The van der Waals surface area contributed by atoms with E-state index in [2.05, 4.69) is 10.4 Å². The first-order valence-corrected chi connectivity index (χ1v) is 9.54. The fraction of sp³-hybridized carbons (Fsp3) is 0.450. The fourth-order valence-electron chi connectivity index (χ4n) is 3.66. The van der Waals surface area contributed by atoms with Crippen molar-refractivity contribution in [2.45, 2.75) is 31.9 Å². The van der Waals surface area contributed by atoms with E-state index in [0.717, 1.165) is 13.0 Å². The number of phenols is 1. The summed E-state index contributed by atoms with van der Waals surface area (Å²) in [5.74, 6) is 0.340. The zero-order valence-corrected chi connectivity index (χ0v) is 15.7. The molecule has 0 spiro atoms. The van der Waals surface area contributed by atoms with Gasteiger partial charge in [-0.3, -0.25) is 9.59 Å². The van der Waals surface area contributed by atoms with E-state index in [-0.39, 0.29) is 29.7 Å². The number of phenolic OH excluding ortho intramolecular Hbond substituents is 1. The normalized spacial score (nSPS) is 22.1. The molecule has 2 saturated heterocycles. The van der Waals surface area contributed by atoms with Crippen LogP contribution in [-0.2, 0) is 9.53 Å². The minimum absolute atomic E-state index is 0.0437. The van der Waals surface area contributed by atoms with Crippen molar-refractivity contribution in [2.24, 2.45) is 5.92 Å². The Labute approximate surface area is 163 Å². The van der Waals surface area contributed by atoms with Crippen LogP contribution in [0.2, 0.25) is 0 Å². The molecule has 2 aliphatic heterocycles. The molecule has 2 atom stereocenters. The van der Waals surface area contributed by atoms with Crippen LogP contribution in [0.4, 0.5) is 0 Å². The summed E-state index contributed by atoms with van der Waals surface area (Å²) in [6.45, 7) is 3.82. The van der Waals surface area contributed by atoms with Crippen molar-refractivity contribution in [1.82, 2.24) is 20.0 Å². The Kier molecular flexibility index (Phi) is 5.04. The number of carbonyl (C=O) groups is 2. The van der Waals surface area contributed by atoms with Crippen LogP contribution in [0, 0.1) is 5.92 Å². The van der Waals surface area contributed by atoms with Gasteiger partial charge in [0.1, 0.15) is 5.75 Å². The number of hydrogen-bond acceptors (Lipinski definition) is 5. The zero-order valence-electron chi connectivity index (χ0n) is 15.7. The number of benzene rings is 1. The molecule has 3 heterocycles. The summed E-state index contributed by atoms with van der Waals surface area (Å²) in [7, 11) is 0. The molecule has 4 rings (SSSR count). The number of aromatic hydroxyl groups is 1. The Morgan fingerprint density at radius 1 is 1.36 bits per heavy atom. The van der Waals surface area contributed by atoms with Gasteiger partial charge >= 0.3 is 0 Å². The molecule has 0 saturated carbocycles. The third-order valence-corrected chi connectivity index (χ3v) is 5.48. The molecule has 2 aromatic rings. The Morgan fingerprint density at radius 3 is 2.89 bits per heavy atom. The summed E-state index contributed by atoms with van der Waals surface area (Å²) < 4.78 is 7.05. The number of amides is 2. The lowest BCUT2D eigenvalue weighted by Crippen LogP contribution is -2.61. The second-order valence-corrected chi connectivity index (χ2v) is 7.49. The van der Waals surface area contributed by atoms with E-state index >= 15 is 0 Å². The van der Waals surface area contributed by atoms with Gasteiger partial charge in [-0.15, -0.1) is 0 Å². The lowest BCUT2D eigenvalue weighted by molar-refractivity contribution is -0.137. The van der Waals surface area contributed by atoms with Gasteiger partial charge in [-0.25, -0.2) is 4.68 Å². The van der Waals surface area contributed by atoms with Crippen LogP contribution < -0.4 is 5.32 Å². The van der Waals surface area contributed by atoms with Crippen LogP contribution in [0.15, 0.2) is 36.7 Å². The Hall–Kier alpha value is -2.87. The number of nitrogens with zero attached hydrogens (tertiary/aromatic N) is 3. The first kappa shape index (κ1) is 18.5. The maximum absolute atomic E-state index is 12.4. The molecule has 1 aromatic carbocycles. The van der Waals surface area contributed by atoms with E-state index in [9.17, 15) is 14.7 Å². The standard InChI is InChI=1S/C20H24N4O4/c1-13-14(5-6-28-13)7-19(26)23-11-16(12-23)22-20(27)15-9-21-24(10-15)17-3-2-4-18(25)8-17/h2-4,8-10,13-14,16,25H,5-7,11-12H2,1H3,(H,22,27). The highest BCUT2D eigenvalue weighted by Crippen LogP contribution is 2.25. The predicted molar refractivity (Wildman–Crippen MR) is 101 cm³/mol. The van der Waals surface area contributed by atoms with Crippen molar-refractivity contribution in [3.05, 3.63) is 42.2 Å². The minimum Gasteiger partial charge on any atom is -0.508 e. The van der Waals surface area contributed by atoms with Crippen molar-refractivity contribution in [2.75, 3.05) is 19.7 Å². The summed E-state index contributed by atoms with van der Waals surface area (Å²) in [6, 6.07) is 6.60. The SMILES string of the molecule is CC1OCCC1CC(=O)N1CC(NC(=O)c2cnn(-c3cccc(O)c3)c2)C1. The van der Waals surface area contributed by atoms with Crippen LogP contribution in [0.25, 0.3) is 5.69 Å². The molecule has 8 nitrogen and oxygen atoms in total. The number of carbonyl (C=O) groups excluding carboxylic acids is 2.